The Morgan fingerprint density at radius 1 is 1.21 bits per heavy atom. The van der Waals surface area contributed by atoms with Gasteiger partial charge in [-0.15, -0.1) is 0 Å². The Morgan fingerprint density at radius 2 is 1.90 bits per heavy atom. The summed E-state index contributed by atoms with van der Waals surface area (Å²) in [5.74, 6) is -1.09. The van der Waals surface area contributed by atoms with Crippen LogP contribution in [0.15, 0.2) is 24.3 Å². The molecule has 0 spiro atoms. The first-order valence-electron chi connectivity index (χ1n) is 9.24. The van der Waals surface area contributed by atoms with Gasteiger partial charge >= 0.3 is 6.03 Å². The normalized spacial score (nSPS) is 20.8. The number of sulfonamides is 1. The summed E-state index contributed by atoms with van der Waals surface area (Å²) >= 11 is 0. The number of benzene rings is 1. The van der Waals surface area contributed by atoms with E-state index in [9.17, 15) is 27.2 Å². The van der Waals surface area contributed by atoms with Gasteiger partial charge < -0.3 is 10.2 Å². The molecule has 2 aliphatic heterocycles. The smallest absolute Gasteiger partial charge is 0.325 e. The largest absolute Gasteiger partial charge is 0.340 e. The first-order chi connectivity index (χ1) is 13.6. The molecule has 1 N–H and O–H groups in total. The van der Waals surface area contributed by atoms with E-state index in [4.69, 9.17) is 0 Å². The second-order valence-corrected chi connectivity index (χ2v) is 9.12. The number of nitrogens with one attached hydrogen (secondary N) is 1. The SMILES string of the molecule is CS(=O)(=O)N1CCN(C(=O)CC[C@H]2NC(=O)N(Cc3cccc(F)c3)C2=O)CC1. The summed E-state index contributed by atoms with van der Waals surface area (Å²) in [6.07, 6.45) is 1.34. The highest BCUT2D eigenvalue weighted by Crippen LogP contribution is 2.17. The van der Waals surface area contributed by atoms with Crippen molar-refractivity contribution in [2.75, 3.05) is 32.4 Å². The van der Waals surface area contributed by atoms with E-state index in [1.165, 1.54) is 22.5 Å². The van der Waals surface area contributed by atoms with Crippen LogP contribution in [0.1, 0.15) is 18.4 Å². The zero-order valence-electron chi connectivity index (χ0n) is 16.0. The van der Waals surface area contributed by atoms with Gasteiger partial charge in [-0.3, -0.25) is 14.5 Å². The molecule has 1 aromatic rings. The molecule has 0 bridgehead atoms. The molecule has 3 rings (SSSR count). The molecule has 2 fully saturated rings. The standard InChI is InChI=1S/C18H23FN4O5S/c1-29(27,28)22-9-7-21(8-10-22)16(24)6-5-15-17(25)23(18(26)20-15)12-13-3-2-4-14(19)11-13/h2-4,11,15H,5-10,12H2,1H3,(H,20,26)/t15-/m1/s1. The summed E-state index contributed by atoms with van der Waals surface area (Å²) in [6, 6.07) is 4.28. The molecule has 0 unspecified atom stereocenters. The summed E-state index contributed by atoms with van der Waals surface area (Å²) in [7, 11) is -3.27. The molecule has 2 heterocycles. The number of nitrogens with zero attached hydrogens (tertiary/aromatic N) is 3. The van der Waals surface area contributed by atoms with E-state index in [2.05, 4.69) is 5.32 Å². The van der Waals surface area contributed by atoms with E-state index in [0.717, 1.165) is 11.2 Å². The Kier molecular flexibility index (Phi) is 6.18. The van der Waals surface area contributed by atoms with Crippen LogP contribution in [0.3, 0.4) is 0 Å². The molecule has 0 radical (unpaired) electrons. The van der Waals surface area contributed by atoms with Crippen molar-refractivity contribution < 1.29 is 27.2 Å². The zero-order chi connectivity index (χ0) is 21.2. The van der Waals surface area contributed by atoms with E-state index >= 15 is 0 Å². The van der Waals surface area contributed by atoms with Crippen molar-refractivity contribution in [2.45, 2.75) is 25.4 Å². The highest BCUT2D eigenvalue weighted by atomic mass is 32.2. The maximum absolute atomic E-state index is 13.3. The Bertz CT molecular complexity index is 915. The van der Waals surface area contributed by atoms with Crippen LogP contribution in [0.4, 0.5) is 9.18 Å². The molecule has 9 nitrogen and oxygen atoms in total. The van der Waals surface area contributed by atoms with E-state index in [1.54, 1.807) is 11.0 Å². The average Bonchev–Trinajstić information content (AvgIpc) is 2.93. The lowest BCUT2D eigenvalue weighted by Gasteiger charge is -2.33. The van der Waals surface area contributed by atoms with Crippen LogP contribution in [-0.2, 0) is 26.2 Å². The monoisotopic (exact) mass is 426 g/mol. The van der Waals surface area contributed by atoms with Gasteiger partial charge in [0.05, 0.1) is 12.8 Å². The maximum atomic E-state index is 13.3. The molecule has 0 aliphatic carbocycles. The fourth-order valence-electron chi connectivity index (χ4n) is 3.44. The molecule has 11 heteroatoms. The lowest BCUT2D eigenvalue weighted by atomic mass is 10.1. The molecular formula is C18H23FN4O5S. The number of carbonyl (C=O) groups excluding carboxylic acids is 3. The number of hydrogen-bond donors (Lipinski definition) is 1. The Labute approximate surface area is 168 Å². The molecule has 2 saturated heterocycles. The van der Waals surface area contributed by atoms with Gasteiger partial charge in [-0.2, -0.15) is 4.31 Å². The fourth-order valence-corrected chi connectivity index (χ4v) is 4.26. The van der Waals surface area contributed by atoms with Crippen molar-refractivity contribution in [3.05, 3.63) is 35.6 Å². The van der Waals surface area contributed by atoms with E-state index in [1.807, 2.05) is 0 Å². The predicted molar refractivity (Wildman–Crippen MR) is 102 cm³/mol. The second-order valence-electron chi connectivity index (χ2n) is 7.14. The van der Waals surface area contributed by atoms with Crippen molar-refractivity contribution in [1.29, 1.82) is 0 Å². The summed E-state index contributed by atoms with van der Waals surface area (Å²) in [5.41, 5.74) is 0.494. The minimum absolute atomic E-state index is 0.0413. The highest BCUT2D eigenvalue weighted by molar-refractivity contribution is 7.88. The average molecular weight is 426 g/mol. The van der Waals surface area contributed by atoms with Gasteiger partial charge in [0.15, 0.2) is 0 Å². The van der Waals surface area contributed by atoms with Crippen molar-refractivity contribution >= 4 is 27.9 Å². The molecule has 158 valence electrons. The molecular weight excluding hydrogens is 403 g/mol. The lowest BCUT2D eigenvalue weighted by Crippen LogP contribution is -2.50. The van der Waals surface area contributed by atoms with Gasteiger partial charge in [0.1, 0.15) is 11.9 Å². The Balaban J connectivity index is 1.50. The minimum atomic E-state index is -3.27. The number of amides is 4. The first kappa shape index (κ1) is 21.2. The van der Waals surface area contributed by atoms with Gasteiger partial charge in [0.2, 0.25) is 15.9 Å². The summed E-state index contributed by atoms with van der Waals surface area (Å²) in [4.78, 5) is 39.6. The Hall–Kier alpha value is -2.53. The number of rotatable bonds is 6. The van der Waals surface area contributed by atoms with Crippen molar-refractivity contribution in [3.8, 4) is 0 Å². The van der Waals surface area contributed by atoms with Gasteiger partial charge in [-0.05, 0) is 24.1 Å². The van der Waals surface area contributed by atoms with Crippen LogP contribution in [0.25, 0.3) is 0 Å². The summed E-state index contributed by atoms with van der Waals surface area (Å²) in [5, 5.41) is 2.56. The number of halogens is 1. The van der Waals surface area contributed by atoms with Gasteiger partial charge in [0, 0.05) is 32.6 Å². The molecule has 29 heavy (non-hydrogen) atoms. The van der Waals surface area contributed by atoms with Crippen LogP contribution < -0.4 is 5.32 Å². The van der Waals surface area contributed by atoms with Crippen molar-refractivity contribution in [2.24, 2.45) is 0 Å². The number of hydrogen-bond acceptors (Lipinski definition) is 5. The molecule has 0 aromatic heterocycles. The highest BCUT2D eigenvalue weighted by Gasteiger charge is 2.38. The Morgan fingerprint density at radius 3 is 2.52 bits per heavy atom. The fraction of sp³-hybridized carbons (Fsp3) is 0.500. The topological polar surface area (TPSA) is 107 Å². The van der Waals surface area contributed by atoms with Crippen LogP contribution in [0.2, 0.25) is 0 Å². The van der Waals surface area contributed by atoms with Gasteiger partial charge in [0.25, 0.3) is 5.91 Å². The molecule has 2 aliphatic rings. The maximum Gasteiger partial charge on any atom is 0.325 e. The molecule has 0 saturated carbocycles. The van der Waals surface area contributed by atoms with E-state index in [-0.39, 0.29) is 38.4 Å². The van der Waals surface area contributed by atoms with Gasteiger partial charge in [-0.1, -0.05) is 12.1 Å². The summed E-state index contributed by atoms with van der Waals surface area (Å²) < 4.78 is 37.7. The third-order valence-electron chi connectivity index (χ3n) is 5.04. The molecule has 4 amide bonds. The zero-order valence-corrected chi connectivity index (χ0v) is 16.8. The first-order valence-corrected chi connectivity index (χ1v) is 11.1. The van der Waals surface area contributed by atoms with Gasteiger partial charge in [-0.25, -0.2) is 17.6 Å². The third-order valence-corrected chi connectivity index (χ3v) is 6.35. The van der Waals surface area contributed by atoms with Crippen LogP contribution in [0, 0.1) is 5.82 Å². The van der Waals surface area contributed by atoms with Crippen LogP contribution in [0.5, 0.6) is 0 Å². The van der Waals surface area contributed by atoms with E-state index in [0.29, 0.717) is 18.7 Å². The van der Waals surface area contributed by atoms with Crippen molar-refractivity contribution in [1.82, 2.24) is 19.4 Å². The minimum Gasteiger partial charge on any atom is -0.340 e. The predicted octanol–water partition coefficient (Wildman–Crippen LogP) is 0.130. The number of carbonyl (C=O) groups is 3. The lowest BCUT2D eigenvalue weighted by molar-refractivity contribution is -0.133. The molecule has 1 aromatic carbocycles. The summed E-state index contributed by atoms with van der Waals surface area (Å²) in [6.45, 7) is 1.03. The third kappa shape index (κ3) is 5.10. The van der Waals surface area contributed by atoms with E-state index < -0.39 is 33.8 Å². The number of piperazine rings is 1. The quantitative estimate of drug-likeness (QED) is 0.651. The molecule has 1 atom stereocenters. The number of urea groups is 1. The van der Waals surface area contributed by atoms with Crippen molar-refractivity contribution in [3.63, 3.8) is 0 Å². The number of imide groups is 1. The van der Waals surface area contributed by atoms with Crippen LogP contribution in [-0.4, -0.2) is 78.8 Å². The van der Waals surface area contributed by atoms with Crippen LogP contribution >= 0.6 is 0 Å². The second kappa shape index (κ2) is 8.46.